The Morgan fingerprint density at radius 3 is 2.88 bits per heavy atom. The standard InChI is InChI=1S/C18H22O6/c1-2-3-4-5-7-13-17(21)16-14(23-11-12(20)10-19)8-6-9-15(16)24-18(13)22/h5-9,12,19-21H,2-4,10-11H2,1H3. The molecule has 0 aliphatic rings. The molecule has 3 N–H and O–H groups in total. The maximum absolute atomic E-state index is 12.0. The fraction of sp³-hybridized carbons (Fsp3) is 0.389. The molecule has 0 fully saturated rings. The number of rotatable bonds is 8. The van der Waals surface area contributed by atoms with Gasteiger partial charge in [-0.25, -0.2) is 4.79 Å². The molecule has 0 aliphatic carbocycles. The zero-order chi connectivity index (χ0) is 17.5. The molecule has 0 saturated heterocycles. The molecule has 1 unspecified atom stereocenters. The molecule has 2 rings (SSSR count). The lowest BCUT2D eigenvalue weighted by atomic mass is 10.1. The third kappa shape index (κ3) is 4.15. The Morgan fingerprint density at radius 2 is 2.17 bits per heavy atom. The molecule has 6 heteroatoms. The Kier molecular flexibility index (Phi) is 6.40. The van der Waals surface area contributed by atoms with Crippen LogP contribution in [0, 0.1) is 0 Å². The lowest BCUT2D eigenvalue weighted by Gasteiger charge is -2.12. The number of hydrogen-bond acceptors (Lipinski definition) is 6. The maximum atomic E-state index is 12.0. The summed E-state index contributed by atoms with van der Waals surface area (Å²) in [6.07, 6.45) is 5.16. The Bertz CT molecular complexity index is 762. The quantitative estimate of drug-likeness (QED) is 0.506. The van der Waals surface area contributed by atoms with Crippen LogP contribution in [-0.2, 0) is 0 Å². The summed E-state index contributed by atoms with van der Waals surface area (Å²) in [5, 5.41) is 29.0. The predicted octanol–water partition coefficient (Wildman–Crippen LogP) is 2.43. The van der Waals surface area contributed by atoms with E-state index in [1.807, 2.05) is 6.08 Å². The monoisotopic (exact) mass is 334 g/mol. The molecule has 6 nitrogen and oxygen atoms in total. The van der Waals surface area contributed by atoms with Gasteiger partial charge in [-0.3, -0.25) is 0 Å². The predicted molar refractivity (Wildman–Crippen MR) is 91.3 cm³/mol. The van der Waals surface area contributed by atoms with Crippen molar-refractivity contribution in [2.45, 2.75) is 32.3 Å². The second-order valence-electron chi connectivity index (χ2n) is 5.47. The normalized spacial score (nSPS) is 12.8. The van der Waals surface area contributed by atoms with E-state index in [0.29, 0.717) is 0 Å². The van der Waals surface area contributed by atoms with Crippen molar-refractivity contribution < 1.29 is 24.5 Å². The number of hydrogen-bond donors (Lipinski definition) is 3. The van der Waals surface area contributed by atoms with E-state index in [9.17, 15) is 15.0 Å². The van der Waals surface area contributed by atoms with Gasteiger partial charge in [0.05, 0.1) is 6.61 Å². The summed E-state index contributed by atoms with van der Waals surface area (Å²) in [4.78, 5) is 12.0. The Hall–Kier alpha value is -2.31. The van der Waals surface area contributed by atoms with Gasteiger partial charge in [-0.05, 0) is 24.6 Å². The third-order valence-electron chi connectivity index (χ3n) is 3.55. The first kappa shape index (κ1) is 18.0. The number of aromatic hydroxyl groups is 1. The fourth-order valence-corrected chi connectivity index (χ4v) is 2.24. The maximum Gasteiger partial charge on any atom is 0.347 e. The molecule has 0 saturated carbocycles. The topological polar surface area (TPSA) is 100 Å². The Morgan fingerprint density at radius 1 is 1.38 bits per heavy atom. The van der Waals surface area contributed by atoms with Gasteiger partial charge >= 0.3 is 5.63 Å². The molecule has 24 heavy (non-hydrogen) atoms. The van der Waals surface area contributed by atoms with E-state index in [1.165, 1.54) is 0 Å². The van der Waals surface area contributed by atoms with E-state index in [-0.39, 0.29) is 34.6 Å². The molecule has 1 atom stereocenters. The smallest absolute Gasteiger partial charge is 0.347 e. The van der Waals surface area contributed by atoms with Crippen LogP contribution in [-0.4, -0.2) is 34.6 Å². The lowest BCUT2D eigenvalue weighted by Crippen LogP contribution is -2.21. The SMILES string of the molecule is CCCCC=Cc1c(O)c2c(OCC(O)CO)cccc2oc1=O. The molecule has 1 heterocycles. The van der Waals surface area contributed by atoms with Crippen LogP contribution in [0.15, 0.2) is 33.5 Å². The van der Waals surface area contributed by atoms with Crippen molar-refractivity contribution in [3.63, 3.8) is 0 Å². The highest BCUT2D eigenvalue weighted by Gasteiger charge is 2.16. The van der Waals surface area contributed by atoms with E-state index in [0.717, 1.165) is 19.3 Å². The molecule has 0 amide bonds. The molecule has 2 aromatic rings. The van der Waals surface area contributed by atoms with Crippen molar-refractivity contribution >= 4 is 17.0 Å². The van der Waals surface area contributed by atoms with Gasteiger partial charge in [-0.1, -0.05) is 31.9 Å². The highest BCUT2D eigenvalue weighted by Crippen LogP contribution is 2.35. The fourth-order valence-electron chi connectivity index (χ4n) is 2.24. The van der Waals surface area contributed by atoms with Gasteiger partial charge in [-0.2, -0.15) is 0 Å². The number of allylic oxidation sites excluding steroid dienone is 1. The third-order valence-corrected chi connectivity index (χ3v) is 3.55. The minimum absolute atomic E-state index is 0.0670. The van der Waals surface area contributed by atoms with Crippen molar-refractivity contribution in [3.05, 3.63) is 40.3 Å². The van der Waals surface area contributed by atoms with Gasteiger partial charge in [0.15, 0.2) is 0 Å². The summed E-state index contributed by atoms with van der Waals surface area (Å²) in [5.41, 5.74) is -0.364. The van der Waals surface area contributed by atoms with E-state index >= 15 is 0 Å². The second kappa shape index (κ2) is 8.52. The summed E-state index contributed by atoms with van der Waals surface area (Å²) in [5.74, 6) is 0.0487. The molecular weight excluding hydrogens is 312 g/mol. The van der Waals surface area contributed by atoms with Crippen LogP contribution >= 0.6 is 0 Å². The van der Waals surface area contributed by atoms with E-state index < -0.39 is 18.3 Å². The van der Waals surface area contributed by atoms with Gasteiger partial charge < -0.3 is 24.5 Å². The molecule has 0 bridgehead atoms. The summed E-state index contributed by atoms with van der Waals surface area (Å²) in [6, 6.07) is 4.76. The number of fused-ring (bicyclic) bond motifs is 1. The largest absolute Gasteiger partial charge is 0.506 e. The Labute approximate surface area is 139 Å². The van der Waals surface area contributed by atoms with Crippen molar-refractivity contribution in [1.82, 2.24) is 0 Å². The molecule has 130 valence electrons. The molecule has 0 spiro atoms. The number of benzene rings is 1. The molecule has 0 aliphatic heterocycles. The molecule has 1 aromatic carbocycles. The van der Waals surface area contributed by atoms with E-state index in [2.05, 4.69) is 6.92 Å². The average molecular weight is 334 g/mol. The number of unbranched alkanes of at least 4 members (excludes halogenated alkanes) is 2. The van der Waals surface area contributed by atoms with Gasteiger partial charge in [0.2, 0.25) is 0 Å². The number of aliphatic hydroxyl groups is 2. The van der Waals surface area contributed by atoms with Gasteiger partial charge in [0.1, 0.15) is 40.7 Å². The van der Waals surface area contributed by atoms with Crippen LogP contribution in [0.1, 0.15) is 31.7 Å². The van der Waals surface area contributed by atoms with Crippen LogP contribution in [0.5, 0.6) is 11.5 Å². The first-order chi connectivity index (χ1) is 11.6. The highest BCUT2D eigenvalue weighted by molar-refractivity contribution is 5.92. The summed E-state index contributed by atoms with van der Waals surface area (Å²) in [6.45, 7) is 1.49. The van der Waals surface area contributed by atoms with Crippen LogP contribution in [0.3, 0.4) is 0 Å². The van der Waals surface area contributed by atoms with Crippen LogP contribution in [0.4, 0.5) is 0 Å². The van der Waals surface area contributed by atoms with Gasteiger partial charge in [0.25, 0.3) is 0 Å². The minimum atomic E-state index is -1.04. The van der Waals surface area contributed by atoms with Crippen LogP contribution in [0.2, 0.25) is 0 Å². The van der Waals surface area contributed by atoms with Gasteiger partial charge in [-0.15, -0.1) is 0 Å². The number of ether oxygens (including phenoxy) is 1. The van der Waals surface area contributed by atoms with Crippen molar-refractivity contribution in [2.75, 3.05) is 13.2 Å². The van der Waals surface area contributed by atoms with E-state index in [4.69, 9.17) is 14.3 Å². The van der Waals surface area contributed by atoms with Crippen molar-refractivity contribution in [1.29, 1.82) is 0 Å². The lowest BCUT2D eigenvalue weighted by molar-refractivity contribution is 0.0540. The van der Waals surface area contributed by atoms with E-state index in [1.54, 1.807) is 24.3 Å². The minimum Gasteiger partial charge on any atom is -0.506 e. The number of aliphatic hydroxyl groups excluding tert-OH is 2. The van der Waals surface area contributed by atoms with Gasteiger partial charge in [0, 0.05) is 0 Å². The summed E-state index contributed by atoms with van der Waals surface area (Å²) < 4.78 is 10.7. The van der Waals surface area contributed by atoms with Crippen LogP contribution in [0.25, 0.3) is 17.0 Å². The Balaban J connectivity index is 2.43. The molecule has 0 radical (unpaired) electrons. The average Bonchev–Trinajstić information content (AvgIpc) is 2.58. The molecular formula is C18H22O6. The van der Waals surface area contributed by atoms with Crippen LogP contribution < -0.4 is 10.4 Å². The summed E-state index contributed by atoms with van der Waals surface area (Å²) in [7, 11) is 0. The molecule has 1 aromatic heterocycles. The second-order valence-corrected chi connectivity index (χ2v) is 5.47. The first-order valence-corrected chi connectivity index (χ1v) is 7.95. The highest BCUT2D eigenvalue weighted by atomic mass is 16.5. The first-order valence-electron chi connectivity index (χ1n) is 7.95. The summed E-state index contributed by atoms with van der Waals surface area (Å²) >= 11 is 0. The van der Waals surface area contributed by atoms with Crippen molar-refractivity contribution in [3.8, 4) is 11.5 Å². The zero-order valence-electron chi connectivity index (χ0n) is 13.6. The zero-order valence-corrected chi connectivity index (χ0v) is 13.6. The van der Waals surface area contributed by atoms with Crippen molar-refractivity contribution in [2.24, 2.45) is 0 Å².